The van der Waals surface area contributed by atoms with Crippen LogP contribution >= 0.6 is 15.9 Å². The summed E-state index contributed by atoms with van der Waals surface area (Å²) < 4.78 is 6.09. The first kappa shape index (κ1) is 10.9. The summed E-state index contributed by atoms with van der Waals surface area (Å²) in [6.45, 7) is 1.44. The zero-order valence-electron chi connectivity index (χ0n) is 8.59. The van der Waals surface area contributed by atoms with Crippen molar-refractivity contribution in [1.82, 2.24) is 5.32 Å². The molecule has 1 aromatic rings. The van der Waals surface area contributed by atoms with E-state index in [0.717, 1.165) is 28.8 Å². The maximum absolute atomic E-state index is 10.4. The Bertz CT molecular complexity index is 362. The Morgan fingerprint density at radius 3 is 2.93 bits per heavy atom. The molecule has 1 atom stereocenters. The van der Waals surface area contributed by atoms with E-state index in [4.69, 9.17) is 4.74 Å². The quantitative estimate of drug-likeness (QED) is 0.860. The number of methoxy groups -OCH3 is 1. The predicted molar refractivity (Wildman–Crippen MR) is 62.1 cm³/mol. The van der Waals surface area contributed by atoms with E-state index in [9.17, 15) is 5.11 Å². The molecule has 1 unspecified atom stereocenters. The molecule has 0 spiro atoms. The van der Waals surface area contributed by atoms with Crippen LogP contribution in [-0.4, -0.2) is 25.3 Å². The maximum atomic E-state index is 10.4. The van der Waals surface area contributed by atoms with Gasteiger partial charge in [0.25, 0.3) is 0 Å². The van der Waals surface area contributed by atoms with E-state index >= 15 is 0 Å². The summed E-state index contributed by atoms with van der Waals surface area (Å²) in [5, 5.41) is 13.6. The lowest BCUT2D eigenvalue weighted by Crippen LogP contribution is -2.28. The molecule has 2 rings (SSSR count). The number of hydrogen-bond acceptors (Lipinski definition) is 3. The predicted octanol–water partition coefficient (Wildman–Crippen LogP) is 1.64. The van der Waals surface area contributed by atoms with Gasteiger partial charge in [-0.25, -0.2) is 0 Å². The van der Waals surface area contributed by atoms with Crippen LogP contribution in [0.5, 0.6) is 5.75 Å². The largest absolute Gasteiger partial charge is 0.497 e. The van der Waals surface area contributed by atoms with Crippen LogP contribution < -0.4 is 10.1 Å². The van der Waals surface area contributed by atoms with E-state index in [0.29, 0.717) is 6.54 Å². The van der Waals surface area contributed by atoms with Crippen LogP contribution in [0.4, 0.5) is 0 Å². The highest BCUT2D eigenvalue weighted by atomic mass is 79.9. The number of halogens is 1. The van der Waals surface area contributed by atoms with Gasteiger partial charge in [-0.15, -0.1) is 0 Å². The van der Waals surface area contributed by atoms with E-state index < -0.39 is 5.60 Å². The minimum Gasteiger partial charge on any atom is -0.497 e. The number of hydrogen-bond donors (Lipinski definition) is 2. The summed E-state index contributed by atoms with van der Waals surface area (Å²) in [4.78, 5) is 0. The highest BCUT2D eigenvalue weighted by molar-refractivity contribution is 9.10. The van der Waals surface area contributed by atoms with Gasteiger partial charge in [-0.3, -0.25) is 0 Å². The molecule has 3 nitrogen and oxygen atoms in total. The normalized spacial score (nSPS) is 25.5. The van der Waals surface area contributed by atoms with Crippen molar-refractivity contribution >= 4 is 15.9 Å². The highest BCUT2D eigenvalue weighted by Gasteiger charge is 2.34. The zero-order valence-corrected chi connectivity index (χ0v) is 10.2. The molecular formula is C11H14BrNO2. The summed E-state index contributed by atoms with van der Waals surface area (Å²) in [5.74, 6) is 0.772. The van der Waals surface area contributed by atoms with E-state index in [2.05, 4.69) is 21.2 Å². The lowest BCUT2D eigenvalue weighted by atomic mass is 9.93. The van der Waals surface area contributed by atoms with Gasteiger partial charge in [0, 0.05) is 16.6 Å². The number of aliphatic hydroxyl groups is 1. The van der Waals surface area contributed by atoms with Crippen LogP contribution in [0, 0.1) is 0 Å². The Morgan fingerprint density at radius 1 is 1.53 bits per heavy atom. The van der Waals surface area contributed by atoms with Crippen LogP contribution in [0.25, 0.3) is 0 Å². The third-order valence-corrected chi connectivity index (χ3v) is 3.50. The molecule has 0 amide bonds. The summed E-state index contributed by atoms with van der Waals surface area (Å²) in [6.07, 6.45) is 0.735. The molecular weight excluding hydrogens is 258 g/mol. The summed E-state index contributed by atoms with van der Waals surface area (Å²) in [6, 6.07) is 5.67. The van der Waals surface area contributed by atoms with Crippen molar-refractivity contribution in [2.75, 3.05) is 20.2 Å². The fourth-order valence-corrected chi connectivity index (χ4v) is 2.51. The van der Waals surface area contributed by atoms with Crippen molar-refractivity contribution in [3.8, 4) is 5.75 Å². The van der Waals surface area contributed by atoms with Crippen molar-refractivity contribution in [3.63, 3.8) is 0 Å². The summed E-state index contributed by atoms with van der Waals surface area (Å²) in [5.41, 5.74) is 0.125. The van der Waals surface area contributed by atoms with Gasteiger partial charge in [0.1, 0.15) is 11.4 Å². The third-order valence-electron chi connectivity index (χ3n) is 2.81. The Kier molecular flexibility index (Phi) is 3.00. The van der Waals surface area contributed by atoms with Gasteiger partial charge in [0.2, 0.25) is 0 Å². The number of rotatable bonds is 2. The van der Waals surface area contributed by atoms with Crippen LogP contribution in [0.1, 0.15) is 12.0 Å². The Balaban J connectivity index is 2.41. The molecule has 1 heterocycles. The van der Waals surface area contributed by atoms with Crippen LogP contribution in [0.15, 0.2) is 22.7 Å². The van der Waals surface area contributed by atoms with E-state index in [-0.39, 0.29) is 0 Å². The van der Waals surface area contributed by atoms with E-state index in [1.165, 1.54) is 0 Å². The first-order chi connectivity index (χ1) is 7.15. The lowest BCUT2D eigenvalue weighted by molar-refractivity contribution is 0.0577. The summed E-state index contributed by atoms with van der Waals surface area (Å²) in [7, 11) is 1.63. The van der Waals surface area contributed by atoms with Crippen molar-refractivity contribution in [2.45, 2.75) is 12.0 Å². The fraction of sp³-hybridized carbons (Fsp3) is 0.455. The second-order valence-corrected chi connectivity index (χ2v) is 4.66. The molecule has 1 aromatic carbocycles. The van der Waals surface area contributed by atoms with Gasteiger partial charge in [0.15, 0.2) is 0 Å². The van der Waals surface area contributed by atoms with Gasteiger partial charge in [-0.05, 0) is 31.2 Å². The lowest BCUT2D eigenvalue weighted by Gasteiger charge is -2.23. The van der Waals surface area contributed by atoms with Crippen LogP contribution in [0.3, 0.4) is 0 Å². The highest BCUT2D eigenvalue weighted by Crippen LogP contribution is 2.35. The van der Waals surface area contributed by atoms with Crippen molar-refractivity contribution in [1.29, 1.82) is 0 Å². The minimum atomic E-state index is -0.770. The topological polar surface area (TPSA) is 41.5 Å². The molecule has 15 heavy (non-hydrogen) atoms. The average molecular weight is 272 g/mol. The molecule has 4 heteroatoms. The second kappa shape index (κ2) is 4.12. The van der Waals surface area contributed by atoms with E-state index in [1.54, 1.807) is 7.11 Å². The van der Waals surface area contributed by atoms with Gasteiger partial charge < -0.3 is 15.2 Å². The molecule has 0 radical (unpaired) electrons. The Morgan fingerprint density at radius 2 is 2.33 bits per heavy atom. The van der Waals surface area contributed by atoms with Crippen molar-refractivity contribution < 1.29 is 9.84 Å². The smallest absolute Gasteiger partial charge is 0.119 e. The molecule has 0 aliphatic carbocycles. The zero-order chi connectivity index (χ0) is 10.9. The monoisotopic (exact) mass is 271 g/mol. The van der Waals surface area contributed by atoms with E-state index in [1.807, 2.05) is 18.2 Å². The Labute approximate surface area is 97.6 Å². The minimum absolute atomic E-state index is 0.596. The number of benzene rings is 1. The maximum Gasteiger partial charge on any atom is 0.119 e. The van der Waals surface area contributed by atoms with Crippen molar-refractivity contribution in [2.24, 2.45) is 0 Å². The first-order valence-corrected chi connectivity index (χ1v) is 5.72. The van der Waals surface area contributed by atoms with Gasteiger partial charge in [-0.2, -0.15) is 0 Å². The molecule has 0 aromatic heterocycles. The number of ether oxygens (including phenoxy) is 1. The SMILES string of the molecule is COc1ccc(Br)c(C2(O)CCNC2)c1. The number of nitrogens with one attached hydrogen (secondary N) is 1. The first-order valence-electron chi connectivity index (χ1n) is 4.93. The number of β-amino-alcohol motifs (C(OH)–C–C–N with tert-alkyl or cyclic N) is 1. The summed E-state index contributed by atoms with van der Waals surface area (Å²) >= 11 is 3.46. The van der Waals surface area contributed by atoms with Crippen molar-refractivity contribution in [3.05, 3.63) is 28.2 Å². The van der Waals surface area contributed by atoms with Crippen LogP contribution in [-0.2, 0) is 5.60 Å². The van der Waals surface area contributed by atoms with Gasteiger partial charge in [0.05, 0.1) is 7.11 Å². The van der Waals surface area contributed by atoms with Gasteiger partial charge in [-0.1, -0.05) is 15.9 Å². The molecule has 82 valence electrons. The van der Waals surface area contributed by atoms with Crippen LogP contribution in [0.2, 0.25) is 0 Å². The standard InChI is InChI=1S/C11H14BrNO2/c1-15-8-2-3-10(12)9(6-8)11(14)4-5-13-7-11/h2-3,6,13-14H,4-5,7H2,1H3. The fourth-order valence-electron chi connectivity index (χ4n) is 1.90. The average Bonchev–Trinajstić information content (AvgIpc) is 2.67. The molecule has 0 bridgehead atoms. The second-order valence-electron chi connectivity index (χ2n) is 3.80. The molecule has 1 aliphatic heterocycles. The molecule has 1 aliphatic rings. The molecule has 1 saturated heterocycles. The molecule has 1 fully saturated rings. The van der Waals surface area contributed by atoms with Gasteiger partial charge >= 0.3 is 0 Å². The molecule has 2 N–H and O–H groups in total. The Hall–Kier alpha value is -0.580. The molecule has 0 saturated carbocycles. The third kappa shape index (κ3) is 2.02.